The van der Waals surface area contributed by atoms with Crippen LogP contribution in [0.3, 0.4) is 0 Å². The van der Waals surface area contributed by atoms with Crippen molar-refractivity contribution in [3.05, 3.63) is 35.0 Å². The van der Waals surface area contributed by atoms with Crippen molar-refractivity contribution in [3.63, 3.8) is 0 Å². The van der Waals surface area contributed by atoms with E-state index in [9.17, 15) is 19.3 Å². The molecule has 0 radical (unpaired) electrons. The van der Waals surface area contributed by atoms with Gasteiger partial charge in [-0.25, -0.2) is 5.21 Å². The molecule has 0 saturated carbocycles. The summed E-state index contributed by atoms with van der Waals surface area (Å²) in [5.41, 5.74) is 1.14. The topological polar surface area (TPSA) is 167 Å². The lowest BCUT2D eigenvalue weighted by atomic mass is 10.3. The maximum Gasteiger partial charge on any atom is 0.475 e. The van der Waals surface area contributed by atoms with Crippen LogP contribution in [0.5, 0.6) is 0 Å². The van der Waals surface area contributed by atoms with E-state index < -0.39 is 5.09 Å². The quantitative estimate of drug-likeness (QED) is 0.113. The van der Waals surface area contributed by atoms with Gasteiger partial charge in [-0.15, -0.1) is 0 Å². The molecule has 0 aliphatic heterocycles. The Morgan fingerprint density at radius 2 is 2.00 bits per heavy atom. The van der Waals surface area contributed by atoms with Gasteiger partial charge in [-0.05, 0) is 27.0 Å². The second kappa shape index (κ2) is 25.7. The minimum Gasteiger partial charge on any atom is -0.468 e. The number of aryl methyl sites for hydroxylation is 1. The van der Waals surface area contributed by atoms with E-state index in [2.05, 4.69) is 24.9 Å². The van der Waals surface area contributed by atoms with Crippen LogP contribution in [0.1, 0.15) is 12.5 Å². The number of likely N-dealkylation sites (N-methyl/N-ethyl adjacent to an activating group) is 1. The normalized spacial score (nSPS) is 8.30. The van der Waals surface area contributed by atoms with Crippen LogP contribution >= 0.6 is 0 Å². The lowest BCUT2D eigenvalue weighted by Gasteiger charge is -1.93. The van der Waals surface area contributed by atoms with E-state index in [0.29, 0.717) is 12.9 Å². The molecule has 0 spiro atoms. The third-order valence-electron chi connectivity index (χ3n) is 2.38. The Labute approximate surface area is 175 Å². The Morgan fingerprint density at radius 1 is 1.37 bits per heavy atom. The summed E-state index contributed by atoms with van der Waals surface area (Å²) in [6.07, 6.45) is 4.22. The van der Waals surface area contributed by atoms with Gasteiger partial charge in [0.1, 0.15) is 4.91 Å². The van der Waals surface area contributed by atoms with Gasteiger partial charge in [0.15, 0.2) is 19.0 Å². The highest BCUT2D eigenvalue weighted by Crippen LogP contribution is 1.88. The largest absolute Gasteiger partial charge is 0.475 e. The van der Waals surface area contributed by atoms with E-state index in [4.69, 9.17) is 10.3 Å². The van der Waals surface area contributed by atoms with Crippen LogP contribution in [0, 0.1) is 11.8 Å². The third kappa shape index (κ3) is 29.4. The molecule has 172 valence electrons. The van der Waals surface area contributed by atoms with Gasteiger partial charge in [0.05, 0.1) is 20.2 Å². The average molecular weight is 436 g/mol. The summed E-state index contributed by atoms with van der Waals surface area (Å²) in [4.78, 5) is 43.0. The predicted octanol–water partition coefficient (Wildman–Crippen LogP) is -1.38. The molecule has 0 aromatic carbocycles. The van der Waals surface area contributed by atoms with Crippen LogP contribution in [-0.4, -0.2) is 74.7 Å². The molecule has 1 rings (SSSR count). The first-order chi connectivity index (χ1) is 14.3. The SMILES string of the molecule is CCO.CNCC(=O)OC.Cc1ccc[n+](COC=O)c1.O=CNCCO[N+](=O)O. The van der Waals surface area contributed by atoms with Crippen LogP contribution in [0.15, 0.2) is 24.5 Å². The smallest absolute Gasteiger partial charge is 0.468 e. The maximum absolute atomic E-state index is 10.1. The number of rotatable bonds is 10. The van der Waals surface area contributed by atoms with Crippen molar-refractivity contribution in [3.8, 4) is 0 Å². The molecule has 0 fully saturated rings. The molecule has 0 saturated heterocycles. The lowest BCUT2D eigenvalue weighted by Crippen LogP contribution is -2.34. The summed E-state index contributed by atoms with van der Waals surface area (Å²) in [6.45, 7) is 5.08. The first-order valence-electron chi connectivity index (χ1n) is 8.62. The first kappa shape index (κ1) is 31.4. The molecule has 0 bridgehead atoms. The van der Waals surface area contributed by atoms with Crippen LogP contribution in [0.4, 0.5) is 0 Å². The summed E-state index contributed by atoms with van der Waals surface area (Å²) < 4.78 is 10.6. The van der Waals surface area contributed by atoms with Crippen LogP contribution in [0.25, 0.3) is 0 Å². The number of carbonyl (C=O) groups excluding carboxylic acids is 3. The molecule has 0 unspecified atom stereocenters. The highest BCUT2D eigenvalue weighted by Gasteiger charge is 2.00. The number of amides is 1. The van der Waals surface area contributed by atoms with Crippen molar-refractivity contribution in [2.45, 2.75) is 20.6 Å². The zero-order chi connectivity index (χ0) is 23.6. The highest BCUT2D eigenvalue weighted by molar-refractivity contribution is 5.71. The molecule has 0 aliphatic carbocycles. The summed E-state index contributed by atoms with van der Waals surface area (Å²) in [6, 6.07) is 3.89. The standard InChI is InChI=1S/C8H10NO2.C4H9NO2.C3H6N2O4.C2H6O/c1-8-3-2-4-9(5-8)6-11-7-10;1-5-3-4(6)7-2;6-3-4-1-2-9-5(7)8;1-2-3/h2-5,7H,6H2,1H3;5H,3H2,1-2H3;3H,1-2H2,(H-,4,6,7,8);3H,2H2,1H3/q+1;;;/p+1. The number of pyridine rings is 1. The highest BCUT2D eigenvalue weighted by atomic mass is 16.9. The summed E-state index contributed by atoms with van der Waals surface area (Å²) in [5.74, 6) is -0.234. The average Bonchev–Trinajstić information content (AvgIpc) is 2.71. The summed E-state index contributed by atoms with van der Waals surface area (Å²) in [5, 5.41) is 19.6. The molecular formula is C17H32N4O9+2. The molecule has 30 heavy (non-hydrogen) atoms. The third-order valence-corrected chi connectivity index (χ3v) is 2.38. The monoisotopic (exact) mass is 436 g/mol. The molecule has 13 heteroatoms. The number of carbonyl (C=O) groups is 3. The molecule has 1 amide bonds. The minimum absolute atomic E-state index is 0.0429. The van der Waals surface area contributed by atoms with Crippen LogP contribution in [0.2, 0.25) is 0 Å². The molecule has 1 aromatic rings. The van der Waals surface area contributed by atoms with Gasteiger partial charge in [-0.3, -0.25) is 14.4 Å². The van der Waals surface area contributed by atoms with E-state index in [1.54, 1.807) is 18.5 Å². The van der Waals surface area contributed by atoms with Crippen molar-refractivity contribution in [2.24, 2.45) is 0 Å². The minimum atomic E-state index is -0.660. The Morgan fingerprint density at radius 3 is 2.40 bits per heavy atom. The molecule has 0 aliphatic rings. The Kier molecular flexibility index (Phi) is 26.9. The molecule has 1 aromatic heterocycles. The fourth-order valence-electron chi connectivity index (χ4n) is 1.31. The van der Waals surface area contributed by atoms with Crippen molar-refractivity contribution in [1.29, 1.82) is 0 Å². The zero-order valence-electron chi connectivity index (χ0n) is 17.6. The summed E-state index contributed by atoms with van der Waals surface area (Å²) >= 11 is 0. The van der Waals surface area contributed by atoms with Crippen molar-refractivity contribution in [2.75, 3.05) is 40.5 Å². The summed E-state index contributed by atoms with van der Waals surface area (Å²) in [7, 11) is 3.05. The fraction of sp³-hybridized carbons (Fsp3) is 0.529. The maximum atomic E-state index is 10.1. The number of ether oxygens (including phenoxy) is 2. The fourth-order valence-corrected chi connectivity index (χ4v) is 1.31. The zero-order valence-corrected chi connectivity index (χ0v) is 17.6. The molecule has 0 atom stereocenters. The predicted molar refractivity (Wildman–Crippen MR) is 103 cm³/mol. The Hall–Kier alpha value is -3.32. The number of aromatic nitrogens is 1. The van der Waals surface area contributed by atoms with E-state index in [1.807, 2.05) is 31.5 Å². The molecule has 1 heterocycles. The second-order valence-electron chi connectivity index (χ2n) is 4.85. The van der Waals surface area contributed by atoms with Crippen LogP contribution < -0.4 is 15.2 Å². The van der Waals surface area contributed by atoms with Gasteiger partial charge < -0.3 is 25.2 Å². The van der Waals surface area contributed by atoms with Gasteiger partial charge in [0, 0.05) is 18.2 Å². The first-order valence-corrected chi connectivity index (χ1v) is 8.62. The van der Waals surface area contributed by atoms with Crippen molar-refractivity contribution < 1.29 is 48.7 Å². The van der Waals surface area contributed by atoms with Gasteiger partial charge >= 0.3 is 11.1 Å². The van der Waals surface area contributed by atoms with E-state index in [1.165, 1.54) is 7.11 Å². The van der Waals surface area contributed by atoms with Crippen LogP contribution in [-0.2, 0) is 35.4 Å². The van der Waals surface area contributed by atoms with Gasteiger partial charge in [0.2, 0.25) is 6.41 Å². The number of methoxy groups -OCH3 is 1. The van der Waals surface area contributed by atoms with Gasteiger partial charge in [-0.2, -0.15) is 9.40 Å². The number of aliphatic hydroxyl groups excluding tert-OH is 1. The Balaban J connectivity index is -0.000000350. The second-order valence-corrected chi connectivity index (χ2v) is 4.85. The Bertz CT molecular complexity index is 574. The van der Waals surface area contributed by atoms with Crippen molar-refractivity contribution >= 4 is 18.9 Å². The number of nitrogens with one attached hydrogen (secondary N) is 2. The number of hydrogen-bond acceptors (Lipinski definition) is 9. The van der Waals surface area contributed by atoms with Crippen molar-refractivity contribution in [1.82, 2.24) is 10.6 Å². The number of nitrogens with zero attached hydrogens (tertiary/aromatic N) is 2. The van der Waals surface area contributed by atoms with E-state index >= 15 is 0 Å². The lowest BCUT2D eigenvalue weighted by molar-refractivity contribution is -0.975. The molecule has 4 N–H and O–H groups in total. The number of esters is 1. The number of hydrogen-bond donors (Lipinski definition) is 4. The molecule has 13 nitrogen and oxygen atoms in total. The van der Waals surface area contributed by atoms with Gasteiger partial charge in [-0.1, -0.05) is 0 Å². The number of aliphatic hydroxyl groups is 1. The van der Waals surface area contributed by atoms with Gasteiger partial charge in [0.25, 0.3) is 13.2 Å². The van der Waals surface area contributed by atoms with E-state index in [0.717, 1.165) is 5.56 Å². The van der Waals surface area contributed by atoms with E-state index in [-0.39, 0.29) is 39.0 Å². The molecular weight excluding hydrogens is 404 g/mol.